The van der Waals surface area contributed by atoms with Crippen LogP contribution in [0.3, 0.4) is 0 Å². The molecule has 86 valence electrons. The highest BCUT2D eigenvalue weighted by molar-refractivity contribution is 5.13. The Hall–Kier alpha value is -0.0800. The topological polar surface area (TPSA) is 18.5 Å². The highest BCUT2D eigenvalue weighted by Gasteiger charge is 2.66. The monoisotopic (exact) mass is 210 g/mol. The minimum Gasteiger partial charge on any atom is -0.350 e. The first-order valence-corrected chi connectivity index (χ1v) is 6.38. The van der Waals surface area contributed by atoms with Gasteiger partial charge in [0, 0.05) is 5.92 Å². The third kappa shape index (κ3) is 1.31. The molecule has 0 aromatic carbocycles. The zero-order valence-corrected chi connectivity index (χ0v) is 10.0. The van der Waals surface area contributed by atoms with Crippen molar-refractivity contribution in [2.45, 2.75) is 39.9 Å². The highest BCUT2D eigenvalue weighted by Crippen LogP contribution is 2.71. The Labute approximate surface area is 92.3 Å². The molecule has 2 nitrogen and oxygen atoms in total. The molecule has 0 spiro atoms. The van der Waals surface area contributed by atoms with Gasteiger partial charge in [0.05, 0.1) is 13.2 Å². The lowest BCUT2D eigenvalue weighted by molar-refractivity contribution is -0.0974. The Balaban J connectivity index is 1.73. The third-order valence-corrected chi connectivity index (χ3v) is 5.25. The molecule has 0 amide bonds. The van der Waals surface area contributed by atoms with Crippen LogP contribution in [0.15, 0.2) is 0 Å². The normalized spacial score (nSPS) is 50.0. The minimum atomic E-state index is 0.114. The lowest BCUT2D eigenvalue weighted by Crippen LogP contribution is -2.26. The molecule has 2 heteroatoms. The molecule has 1 aliphatic heterocycles. The number of ether oxygens (including phenoxy) is 2. The van der Waals surface area contributed by atoms with E-state index in [1.807, 2.05) is 0 Å². The third-order valence-electron chi connectivity index (χ3n) is 5.25. The highest BCUT2D eigenvalue weighted by atomic mass is 16.7. The van der Waals surface area contributed by atoms with Crippen molar-refractivity contribution in [3.63, 3.8) is 0 Å². The maximum Gasteiger partial charge on any atom is 0.160 e. The second-order valence-electron chi connectivity index (χ2n) is 6.04. The van der Waals surface area contributed by atoms with Gasteiger partial charge in [0.25, 0.3) is 0 Å². The zero-order chi connectivity index (χ0) is 10.6. The largest absolute Gasteiger partial charge is 0.350 e. The van der Waals surface area contributed by atoms with E-state index in [0.29, 0.717) is 11.3 Å². The molecule has 15 heavy (non-hydrogen) atoms. The molecule has 0 radical (unpaired) electrons. The van der Waals surface area contributed by atoms with E-state index in [2.05, 4.69) is 20.8 Å². The van der Waals surface area contributed by atoms with E-state index in [1.54, 1.807) is 0 Å². The molecule has 3 rings (SSSR count). The Bertz CT molecular complexity index is 257. The van der Waals surface area contributed by atoms with Crippen molar-refractivity contribution in [2.24, 2.45) is 29.1 Å². The summed E-state index contributed by atoms with van der Waals surface area (Å²) in [7, 11) is 0. The molecule has 1 heterocycles. The van der Waals surface area contributed by atoms with Crippen molar-refractivity contribution in [1.82, 2.24) is 0 Å². The minimum absolute atomic E-state index is 0.114. The Morgan fingerprint density at radius 1 is 1.13 bits per heavy atom. The number of hydrogen-bond acceptors (Lipinski definition) is 2. The molecule has 1 saturated heterocycles. The predicted octanol–water partition coefficient (Wildman–Crippen LogP) is 2.68. The van der Waals surface area contributed by atoms with Crippen LogP contribution < -0.4 is 0 Å². The van der Waals surface area contributed by atoms with Crippen LogP contribution in [0.2, 0.25) is 0 Å². The van der Waals surface area contributed by atoms with Crippen molar-refractivity contribution in [2.75, 3.05) is 13.2 Å². The van der Waals surface area contributed by atoms with E-state index in [4.69, 9.17) is 9.47 Å². The first-order chi connectivity index (χ1) is 7.15. The van der Waals surface area contributed by atoms with Gasteiger partial charge in [-0.1, -0.05) is 20.8 Å². The SMILES string of the molecule is CC1C(C2OCCO2)CC2(C(C)C)CC12. The number of rotatable bonds is 2. The van der Waals surface area contributed by atoms with Crippen molar-refractivity contribution >= 4 is 0 Å². The molecular weight excluding hydrogens is 188 g/mol. The van der Waals surface area contributed by atoms with Crippen LogP contribution in [0.25, 0.3) is 0 Å². The summed E-state index contributed by atoms with van der Waals surface area (Å²) in [5.74, 6) is 3.25. The van der Waals surface area contributed by atoms with Crippen LogP contribution >= 0.6 is 0 Å². The average Bonchev–Trinajstić information content (AvgIpc) is 2.59. The van der Waals surface area contributed by atoms with Gasteiger partial charge >= 0.3 is 0 Å². The van der Waals surface area contributed by atoms with Gasteiger partial charge in [0.1, 0.15) is 0 Å². The quantitative estimate of drug-likeness (QED) is 0.697. The fraction of sp³-hybridized carbons (Fsp3) is 1.00. The van der Waals surface area contributed by atoms with Gasteiger partial charge in [0.15, 0.2) is 6.29 Å². The second kappa shape index (κ2) is 3.21. The van der Waals surface area contributed by atoms with Gasteiger partial charge in [-0.2, -0.15) is 0 Å². The molecular formula is C13H22O2. The fourth-order valence-corrected chi connectivity index (χ4v) is 4.09. The van der Waals surface area contributed by atoms with Crippen LogP contribution in [0.4, 0.5) is 0 Å². The molecule has 4 unspecified atom stereocenters. The van der Waals surface area contributed by atoms with Gasteiger partial charge in [-0.25, -0.2) is 0 Å². The van der Waals surface area contributed by atoms with Crippen LogP contribution in [-0.4, -0.2) is 19.5 Å². The standard InChI is InChI=1S/C13H22O2/c1-8(2)13-6-10(9(3)11(13)7-13)12-14-4-5-15-12/h8-12H,4-7H2,1-3H3. The summed E-state index contributed by atoms with van der Waals surface area (Å²) in [6.45, 7) is 8.76. The van der Waals surface area contributed by atoms with E-state index in [-0.39, 0.29) is 6.29 Å². The number of fused-ring (bicyclic) bond motifs is 1. The summed E-state index contributed by atoms with van der Waals surface area (Å²) in [6, 6.07) is 0. The Kier molecular flexibility index (Phi) is 2.16. The van der Waals surface area contributed by atoms with Crippen LogP contribution in [0.1, 0.15) is 33.6 Å². The average molecular weight is 210 g/mol. The van der Waals surface area contributed by atoms with E-state index in [9.17, 15) is 0 Å². The van der Waals surface area contributed by atoms with Gasteiger partial charge in [-0.3, -0.25) is 0 Å². The maximum atomic E-state index is 5.68. The smallest absolute Gasteiger partial charge is 0.160 e. The van der Waals surface area contributed by atoms with Crippen LogP contribution in [0, 0.1) is 29.1 Å². The van der Waals surface area contributed by atoms with E-state index in [1.165, 1.54) is 12.8 Å². The van der Waals surface area contributed by atoms with Crippen molar-refractivity contribution in [1.29, 1.82) is 0 Å². The van der Waals surface area contributed by atoms with Gasteiger partial charge < -0.3 is 9.47 Å². The van der Waals surface area contributed by atoms with E-state index >= 15 is 0 Å². The summed E-state index contributed by atoms with van der Waals surface area (Å²) in [6.07, 6.45) is 2.90. The predicted molar refractivity (Wildman–Crippen MR) is 58.3 cm³/mol. The van der Waals surface area contributed by atoms with Crippen molar-refractivity contribution in [3.05, 3.63) is 0 Å². The molecule has 2 saturated carbocycles. The Morgan fingerprint density at radius 2 is 1.80 bits per heavy atom. The first kappa shape index (κ1) is 10.1. The lowest BCUT2D eigenvalue weighted by atomic mass is 9.86. The van der Waals surface area contributed by atoms with Gasteiger partial charge in [-0.05, 0) is 36.0 Å². The molecule has 0 aromatic heterocycles. The van der Waals surface area contributed by atoms with Crippen molar-refractivity contribution in [3.8, 4) is 0 Å². The maximum absolute atomic E-state index is 5.68. The molecule has 3 aliphatic rings. The van der Waals surface area contributed by atoms with Gasteiger partial charge in [0.2, 0.25) is 0 Å². The molecule has 0 aromatic rings. The molecule has 2 aliphatic carbocycles. The van der Waals surface area contributed by atoms with E-state index in [0.717, 1.165) is 31.0 Å². The second-order valence-corrected chi connectivity index (χ2v) is 6.04. The summed E-state index contributed by atoms with van der Waals surface area (Å²) in [5, 5.41) is 0. The van der Waals surface area contributed by atoms with Gasteiger partial charge in [-0.15, -0.1) is 0 Å². The molecule has 4 atom stereocenters. The lowest BCUT2D eigenvalue weighted by Gasteiger charge is -2.25. The summed E-state index contributed by atoms with van der Waals surface area (Å²) in [4.78, 5) is 0. The Morgan fingerprint density at radius 3 is 2.33 bits per heavy atom. The summed E-state index contributed by atoms with van der Waals surface area (Å²) in [5.41, 5.74) is 0.652. The molecule has 0 bridgehead atoms. The number of hydrogen-bond donors (Lipinski definition) is 0. The van der Waals surface area contributed by atoms with E-state index < -0.39 is 0 Å². The fourth-order valence-electron chi connectivity index (χ4n) is 4.09. The first-order valence-electron chi connectivity index (χ1n) is 6.38. The molecule has 3 fully saturated rings. The van der Waals surface area contributed by atoms with Crippen LogP contribution in [-0.2, 0) is 9.47 Å². The summed E-state index contributed by atoms with van der Waals surface area (Å²) >= 11 is 0. The molecule has 0 N–H and O–H groups in total. The summed E-state index contributed by atoms with van der Waals surface area (Å²) < 4.78 is 11.4. The van der Waals surface area contributed by atoms with Crippen LogP contribution in [0.5, 0.6) is 0 Å². The van der Waals surface area contributed by atoms with Crippen molar-refractivity contribution < 1.29 is 9.47 Å². The zero-order valence-electron chi connectivity index (χ0n) is 10.0.